The maximum atomic E-state index is 2.84. The Morgan fingerprint density at radius 1 is 0.868 bits per heavy atom. The molecule has 4 aliphatic rings. The molecule has 0 amide bonds. The third-order valence-corrected chi connectivity index (χ3v) is 14.7. The zero-order valence-corrected chi connectivity index (χ0v) is 28.3. The van der Waals surface area contributed by atoms with Gasteiger partial charge in [0, 0.05) is 0 Å². The van der Waals surface area contributed by atoms with Crippen LogP contribution in [0.2, 0.25) is 0 Å². The molecule has 14 unspecified atom stereocenters. The van der Waals surface area contributed by atoms with Crippen LogP contribution < -0.4 is 0 Å². The molecule has 0 saturated heterocycles. The molecule has 4 aliphatic carbocycles. The third kappa shape index (κ3) is 4.52. The van der Waals surface area contributed by atoms with Gasteiger partial charge >= 0.3 is 0 Å². The summed E-state index contributed by atoms with van der Waals surface area (Å²) >= 11 is 0. The molecule has 0 aromatic carbocycles. The van der Waals surface area contributed by atoms with Crippen LogP contribution in [0.1, 0.15) is 135 Å². The van der Waals surface area contributed by atoms with Crippen LogP contribution in [0.15, 0.2) is 11.6 Å². The highest BCUT2D eigenvalue weighted by Crippen LogP contribution is 2.75. The van der Waals surface area contributed by atoms with Crippen molar-refractivity contribution in [3.8, 4) is 0 Å². The molecule has 0 aliphatic heterocycles. The average molecular weight is 525 g/mol. The van der Waals surface area contributed by atoms with E-state index in [-0.39, 0.29) is 0 Å². The molecule has 3 fully saturated rings. The van der Waals surface area contributed by atoms with E-state index in [0.717, 1.165) is 76.9 Å². The van der Waals surface area contributed by atoms with Crippen molar-refractivity contribution >= 4 is 0 Å². The van der Waals surface area contributed by atoms with Crippen LogP contribution in [-0.2, 0) is 0 Å². The average Bonchev–Trinajstić information content (AvgIpc) is 2.77. The largest absolute Gasteiger partial charge is 0.0814 e. The van der Waals surface area contributed by atoms with Gasteiger partial charge in [0.2, 0.25) is 0 Å². The van der Waals surface area contributed by atoms with Crippen LogP contribution in [0.4, 0.5) is 0 Å². The number of rotatable bonds is 6. The van der Waals surface area contributed by atoms with E-state index in [1.165, 1.54) is 38.5 Å². The van der Waals surface area contributed by atoms with Gasteiger partial charge in [0.25, 0.3) is 0 Å². The number of hydrogen-bond donors (Lipinski definition) is 0. The Morgan fingerprint density at radius 2 is 1.50 bits per heavy atom. The summed E-state index contributed by atoms with van der Waals surface area (Å²) in [5.41, 5.74) is 3.20. The molecule has 0 aromatic rings. The van der Waals surface area contributed by atoms with Gasteiger partial charge in [0.1, 0.15) is 0 Å². The van der Waals surface area contributed by atoms with Gasteiger partial charge in [-0.15, -0.1) is 0 Å². The van der Waals surface area contributed by atoms with Gasteiger partial charge in [-0.1, -0.05) is 121 Å². The molecular formula is C38H68. The molecule has 4 rings (SSSR count). The molecule has 0 spiro atoms. The Hall–Kier alpha value is -0.260. The van der Waals surface area contributed by atoms with Gasteiger partial charge < -0.3 is 0 Å². The van der Waals surface area contributed by atoms with Gasteiger partial charge in [-0.2, -0.15) is 0 Å². The van der Waals surface area contributed by atoms with Gasteiger partial charge in [-0.25, -0.2) is 0 Å². The lowest BCUT2D eigenvalue weighted by molar-refractivity contribution is -0.244. The normalized spacial score (nSPS) is 51.7. The highest BCUT2D eigenvalue weighted by Gasteiger charge is 2.68. The van der Waals surface area contributed by atoms with Crippen LogP contribution in [0.25, 0.3) is 0 Å². The summed E-state index contributed by atoms with van der Waals surface area (Å²) in [6, 6.07) is 0. The SMILES string of the molecule is CCCC(C)CC1=CC(C(C)C)C2CC3(C)CC4(C)CC(C)C(C(C)C)C(C)C4(C)C(C)C3C(C)C2C1C. The first-order chi connectivity index (χ1) is 17.5. The first-order valence-corrected chi connectivity index (χ1v) is 17.2. The van der Waals surface area contributed by atoms with Crippen LogP contribution in [0.5, 0.6) is 0 Å². The maximum absolute atomic E-state index is 2.84. The molecular weight excluding hydrogens is 456 g/mol. The Morgan fingerprint density at radius 3 is 2.05 bits per heavy atom. The molecule has 220 valence electrons. The number of allylic oxidation sites excluding steroid dienone is 2. The fourth-order valence-corrected chi connectivity index (χ4v) is 13.5. The molecule has 14 atom stereocenters. The highest BCUT2D eigenvalue weighted by atomic mass is 14.7. The molecule has 0 heteroatoms. The van der Waals surface area contributed by atoms with E-state index in [2.05, 4.69) is 103 Å². The summed E-state index contributed by atoms with van der Waals surface area (Å²) in [5.74, 6) is 10.6. The quantitative estimate of drug-likeness (QED) is 0.303. The van der Waals surface area contributed by atoms with Crippen molar-refractivity contribution in [3.05, 3.63) is 11.6 Å². The second kappa shape index (κ2) is 10.5. The minimum absolute atomic E-state index is 0.434. The van der Waals surface area contributed by atoms with Crippen LogP contribution in [-0.4, -0.2) is 0 Å². The van der Waals surface area contributed by atoms with Gasteiger partial charge in [-0.3, -0.25) is 0 Å². The monoisotopic (exact) mass is 525 g/mol. The number of fused-ring (bicyclic) bond motifs is 3. The van der Waals surface area contributed by atoms with Crippen molar-refractivity contribution in [1.29, 1.82) is 0 Å². The molecule has 0 heterocycles. The first-order valence-electron chi connectivity index (χ1n) is 17.2. The van der Waals surface area contributed by atoms with E-state index >= 15 is 0 Å². The predicted molar refractivity (Wildman–Crippen MR) is 168 cm³/mol. The van der Waals surface area contributed by atoms with Crippen molar-refractivity contribution < 1.29 is 0 Å². The lowest BCUT2D eigenvalue weighted by Crippen LogP contribution is -2.67. The Labute approximate surface area is 240 Å². The molecule has 3 saturated carbocycles. The summed E-state index contributed by atoms with van der Waals surface area (Å²) in [6.45, 7) is 36.7. The van der Waals surface area contributed by atoms with Crippen molar-refractivity contribution in [2.45, 2.75) is 135 Å². The molecule has 0 bridgehead atoms. The zero-order valence-electron chi connectivity index (χ0n) is 28.3. The molecule has 38 heavy (non-hydrogen) atoms. The second-order valence-electron chi connectivity index (χ2n) is 17.5. The minimum atomic E-state index is 0.434. The van der Waals surface area contributed by atoms with Crippen LogP contribution in [0.3, 0.4) is 0 Å². The van der Waals surface area contributed by atoms with Crippen molar-refractivity contribution in [2.24, 2.45) is 93.2 Å². The van der Waals surface area contributed by atoms with Crippen LogP contribution >= 0.6 is 0 Å². The van der Waals surface area contributed by atoms with Gasteiger partial charge in [-0.05, 0) is 119 Å². The summed E-state index contributed by atoms with van der Waals surface area (Å²) in [7, 11) is 0. The summed E-state index contributed by atoms with van der Waals surface area (Å²) in [5, 5.41) is 0. The second-order valence-corrected chi connectivity index (χ2v) is 17.5. The topological polar surface area (TPSA) is 0 Å². The Balaban J connectivity index is 1.76. The lowest BCUT2D eigenvalue weighted by Gasteiger charge is -2.73. The predicted octanol–water partition coefficient (Wildman–Crippen LogP) is 11.6. The summed E-state index contributed by atoms with van der Waals surface area (Å²) < 4.78 is 0. The summed E-state index contributed by atoms with van der Waals surface area (Å²) in [4.78, 5) is 0. The fraction of sp³-hybridized carbons (Fsp3) is 0.947. The fourth-order valence-electron chi connectivity index (χ4n) is 13.5. The molecule has 0 nitrogen and oxygen atoms in total. The Bertz CT molecular complexity index is 863. The van der Waals surface area contributed by atoms with Crippen LogP contribution in [0, 0.1) is 93.2 Å². The van der Waals surface area contributed by atoms with E-state index in [1.54, 1.807) is 0 Å². The van der Waals surface area contributed by atoms with Crippen molar-refractivity contribution in [3.63, 3.8) is 0 Å². The summed E-state index contributed by atoms with van der Waals surface area (Å²) in [6.07, 6.45) is 11.3. The van der Waals surface area contributed by atoms with E-state index in [4.69, 9.17) is 0 Å². The van der Waals surface area contributed by atoms with Crippen molar-refractivity contribution in [1.82, 2.24) is 0 Å². The molecule has 0 N–H and O–H groups in total. The van der Waals surface area contributed by atoms with Gasteiger partial charge in [0.05, 0.1) is 0 Å². The number of hydrogen-bond acceptors (Lipinski definition) is 0. The smallest absolute Gasteiger partial charge is 0.0176 e. The molecule has 0 aromatic heterocycles. The third-order valence-electron chi connectivity index (χ3n) is 14.7. The van der Waals surface area contributed by atoms with E-state index in [1.807, 2.05) is 5.57 Å². The standard InChI is InChI=1S/C38H68/c1-15-16-24(6)17-30-18-31(22(2)3)32-20-36(12)21-37(13)19-25(7)33(23(4)5)28(10)38(37,14)29(11)35(36)27(9)34(32)26(30)8/h18,22-29,31-35H,15-17,19-21H2,1-14H3. The minimum Gasteiger partial charge on any atom is -0.0814 e. The maximum Gasteiger partial charge on any atom is -0.0176 e. The van der Waals surface area contributed by atoms with E-state index < -0.39 is 0 Å². The van der Waals surface area contributed by atoms with E-state index in [9.17, 15) is 0 Å². The van der Waals surface area contributed by atoms with Crippen molar-refractivity contribution in [2.75, 3.05) is 0 Å². The highest BCUT2D eigenvalue weighted by molar-refractivity contribution is 5.23. The van der Waals surface area contributed by atoms with E-state index in [0.29, 0.717) is 16.2 Å². The molecule has 0 radical (unpaired) electrons. The Kier molecular flexibility index (Phi) is 8.51. The van der Waals surface area contributed by atoms with Gasteiger partial charge in [0.15, 0.2) is 0 Å². The zero-order chi connectivity index (χ0) is 28.5. The first kappa shape index (κ1) is 30.7. The lowest BCUT2D eigenvalue weighted by atomic mass is 9.32.